The van der Waals surface area contributed by atoms with Crippen molar-refractivity contribution in [1.29, 1.82) is 0 Å². The monoisotopic (exact) mass is 246 g/mol. The van der Waals surface area contributed by atoms with Crippen molar-refractivity contribution in [3.63, 3.8) is 0 Å². The number of ether oxygens (including phenoxy) is 3. The van der Waals surface area contributed by atoms with E-state index < -0.39 is 24.0 Å². The predicted octanol–water partition coefficient (Wildman–Crippen LogP) is 0.825. The van der Waals surface area contributed by atoms with Gasteiger partial charge in [-0.25, -0.2) is 0 Å². The molecule has 0 saturated heterocycles. The Labute approximate surface area is 100 Å². The molecule has 6 nitrogen and oxygen atoms in total. The van der Waals surface area contributed by atoms with E-state index >= 15 is 0 Å². The molecule has 0 aliphatic rings. The zero-order valence-corrected chi connectivity index (χ0v) is 10.4. The van der Waals surface area contributed by atoms with Gasteiger partial charge in [-0.3, -0.25) is 14.4 Å². The standard InChI is InChI=1S/C11H18O6/c1-4-15-10(13)6-9(17-8(3)12)7-11(14)16-5-2/h9H,4-7H2,1-3H3. The van der Waals surface area contributed by atoms with Crippen LogP contribution in [0.2, 0.25) is 0 Å². The number of carbonyl (C=O) groups excluding carboxylic acids is 3. The van der Waals surface area contributed by atoms with Gasteiger partial charge < -0.3 is 14.2 Å². The van der Waals surface area contributed by atoms with Gasteiger partial charge in [-0.1, -0.05) is 0 Å². The van der Waals surface area contributed by atoms with Gasteiger partial charge in [-0.2, -0.15) is 0 Å². The van der Waals surface area contributed by atoms with Gasteiger partial charge in [0.25, 0.3) is 0 Å². The zero-order chi connectivity index (χ0) is 13.3. The highest BCUT2D eigenvalue weighted by atomic mass is 16.6. The number of carbonyl (C=O) groups is 3. The van der Waals surface area contributed by atoms with E-state index in [9.17, 15) is 14.4 Å². The van der Waals surface area contributed by atoms with Gasteiger partial charge in [0.05, 0.1) is 26.1 Å². The van der Waals surface area contributed by atoms with Crippen LogP contribution in [0.4, 0.5) is 0 Å². The van der Waals surface area contributed by atoms with E-state index in [0.717, 1.165) is 0 Å². The molecule has 0 fully saturated rings. The molecule has 0 heterocycles. The Hall–Kier alpha value is -1.59. The molecule has 0 aromatic heterocycles. The zero-order valence-electron chi connectivity index (χ0n) is 10.4. The number of esters is 3. The van der Waals surface area contributed by atoms with E-state index in [0.29, 0.717) is 0 Å². The number of hydrogen-bond acceptors (Lipinski definition) is 6. The molecule has 0 aromatic rings. The molecule has 0 aliphatic carbocycles. The van der Waals surface area contributed by atoms with Crippen LogP contribution in [0.3, 0.4) is 0 Å². The minimum atomic E-state index is -0.828. The summed E-state index contributed by atoms with van der Waals surface area (Å²) in [4.78, 5) is 33.2. The van der Waals surface area contributed by atoms with Crippen LogP contribution in [-0.2, 0) is 28.6 Å². The summed E-state index contributed by atoms with van der Waals surface area (Å²) in [6, 6.07) is 0. The van der Waals surface area contributed by atoms with E-state index in [4.69, 9.17) is 14.2 Å². The van der Waals surface area contributed by atoms with Crippen LogP contribution in [-0.4, -0.2) is 37.2 Å². The molecular formula is C11H18O6. The molecule has 0 rings (SSSR count). The molecule has 6 heteroatoms. The molecule has 0 saturated carbocycles. The third-order valence-corrected chi connectivity index (χ3v) is 1.73. The average molecular weight is 246 g/mol. The fraction of sp³-hybridized carbons (Fsp3) is 0.727. The first-order valence-electron chi connectivity index (χ1n) is 5.48. The van der Waals surface area contributed by atoms with E-state index in [1.807, 2.05) is 0 Å². The maximum Gasteiger partial charge on any atom is 0.309 e. The van der Waals surface area contributed by atoms with Gasteiger partial charge in [0.15, 0.2) is 0 Å². The Morgan fingerprint density at radius 2 is 1.35 bits per heavy atom. The molecule has 0 aromatic carbocycles. The molecule has 0 N–H and O–H groups in total. The third-order valence-electron chi connectivity index (χ3n) is 1.73. The average Bonchev–Trinajstić information content (AvgIpc) is 2.16. The van der Waals surface area contributed by atoms with Gasteiger partial charge in [0.2, 0.25) is 0 Å². The van der Waals surface area contributed by atoms with Crippen LogP contribution in [0.1, 0.15) is 33.6 Å². The first-order valence-corrected chi connectivity index (χ1v) is 5.48. The molecule has 0 amide bonds. The fourth-order valence-corrected chi connectivity index (χ4v) is 1.20. The molecule has 98 valence electrons. The van der Waals surface area contributed by atoms with E-state index in [2.05, 4.69) is 0 Å². The number of rotatable bonds is 7. The summed E-state index contributed by atoms with van der Waals surface area (Å²) in [6.45, 7) is 5.04. The minimum absolute atomic E-state index is 0.147. The molecular weight excluding hydrogens is 228 g/mol. The summed E-state index contributed by atoms with van der Waals surface area (Å²) in [6.07, 6.45) is -1.12. The summed E-state index contributed by atoms with van der Waals surface area (Å²) < 4.78 is 14.3. The van der Waals surface area contributed by atoms with Crippen LogP contribution in [0.5, 0.6) is 0 Å². The largest absolute Gasteiger partial charge is 0.466 e. The Kier molecular flexibility index (Phi) is 7.75. The van der Waals surface area contributed by atoms with Crippen molar-refractivity contribution in [2.45, 2.75) is 39.7 Å². The van der Waals surface area contributed by atoms with Gasteiger partial charge in [-0.05, 0) is 13.8 Å². The topological polar surface area (TPSA) is 78.9 Å². The van der Waals surface area contributed by atoms with Gasteiger partial charge >= 0.3 is 17.9 Å². The van der Waals surface area contributed by atoms with Gasteiger partial charge in [-0.15, -0.1) is 0 Å². The summed E-state index contributed by atoms with van der Waals surface area (Å²) in [7, 11) is 0. The fourth-order valence-electron chi connectivity index (χ4n) is 1.20. The van der Waals surface area contributed by atoms with E-state index in [-0.39, 0.29) is 26.1 Å². The molecule has 0 radical (unpaired) electrons. The third kappa shape index (κ3) is 8.24. The lowest BCUT2D eigenvalue weighted by Gasteiger charge is -2.15. The summed E-state index contributed by atoms with van der Waals surface area (Å²) in [5.74, 6) is -1.57. The maximum atomic E-state index is 11.2. The van der Waals surface area contributed by atoms with Crippen molar-refractivity contribution >= 4 is 17.9 Å². The lowest BCUT2D eigenvalue weighted by Crippen LogP contribution is -2.25. The van der Waals surface area contributed by atoms with Crippen molar-refractivity contribution in [1.82, 2.24) is 0 Å². The molecule has 17 heavy (non-hydrogen) atoms. The Bertz CT molecular complexity index is 253. The summed E-state index contributed by atoms with van der Waals surface area (Å²) in [5.41, 5.74) is 0. The van der Waals surface area contributed by atoms with Crippen LogP contribution >= 0.6 is 0 Å². The lowest BCUT2D eigenvalue weighted by atomic mass is 10.2. The normalized spacial score (nSPS) is 9.88. The van der Waals surface area contributed by atoms with E-state index in [1.54, 1.807) is 13.8 Å². The first kappa shape index (κ1) is 15.4. The van der Waals surface area contributed by atoms with Crippen LogP contribution in [0, 0.1) is 0 Å². The molecule has 0 bridgehead atoms. The minimum Gasteiger partial charge on any atom is -0.466 e. The molecule has 0 spiro atoms. The lowest BCUT2D eigenvalue weighted by molar-refractivity contribution is -0.157. The second kappa shape index (κ2) is 8.55. The highest BCUT2D eigenvalue weighted by molar-refractivity contribution is 5.75. The van der Waals surface area contributed by atoms with Crippen molar-refractivity contribution in [3.05, 3.63) is 0 Å². The van der Waals surface area contributed by atoms with Crippen molar-refractivity contribution in [2.75, 3.05) is 13.2 Å². The molecule has 0 atom stereocenters. The molecule has 0 aliphatic heterocycles. The van der Waals surface area contributed by atoms with Crippen LogP contribution in [0.25, 0.3) is 0 Å². The highest BCUT2D eigenvalue weighted by Crippen LogP contribution is 2.07. The number of hydrogen-bond donors (Lipinski definition) is 0. The smallest absolute Gasteiger partial charge is 0.309 e. The highest BCUT2D eigenvalue weighted by Gasteiger charge is 2.21. The first-order chi connectivity index (χ1) is 7.99. The van der Waals surface area contributed by atoms with Crippen molar-refractivity contribution in [3.8, 4) is 0 Å². The second-order valence-electron chi connectivity index (χ2n) is 3.25. The SMILES string of the molecule is CCOC(=O)CC(CC(=O)OCC)OC(C)=O. The second-order valence-corrected chi connectivity index (χ2v) is 3.25. The predicted molar refractivity (Wildman–Crippen MR) is 58.1 cm³/mol. The van der Waals surface area contributed by atoms with Gasteiger partial charge in [0.1, 0.15) is 6.10 Å². The van der Waals surface area contributed by atoms with Crippen LogP contribution in [0.15, 0.2) is 0 Å². The van der Waals surface area contributed by atoms with Gasteiger partial charge in [0, 0.05) is 6.92 Å². The van der Waals surface area contributed by atoms with Crippen LogP contribution < -0.4 is 0 Å². The Morgan fingerprint density at radius 3 is 1.65 bits per heavy atom. The molecule has 0 unspecified atom stereocenters. The summed E-state index contributed by atoms with van der Waals surface area (Å²) in [5, 5.41) is 0. The Balaban J connectivity index is 4.27. The maximum absolute atomic E-state index is 11.2. The quantitative estimate of drug-likeness (QED) is 0.489. The van der Waals surface area contributed by atoms with E-state index in [1.165, 1.54) is 6.92 Å². The van der Waals surface area contributed by atoms with Crippen molar-refractivity contribution < 1.29 is 28.6 Å². The van der Waals surface area contributed by atoms with Crippen molar-refractivity contribution in [2.24, 2.45) is 0 Å². The Morgan fingerprint density at radius 1 is 0.941 bits per heavy atom. The summed E-state index contributed by atoms with van der Waals surface area (Å²) >= 11 is 0.